The van der Waals surface area contributed by atoms with Crippen molar-refractivity contribution in [3.63, 3.8) is 0 Å². The molecule has 2 N–H and O–H groups in total. The van der Waals surface area contributed by atoms with Gasteiger partial charge in [-0.1, -0.05) is 24.3 Å². The van der Waals surface area contributed by atoms with Crippen molar-refractivity contribution >= 4 is 23.4 Å². The van der Waals surface area contributed by atoms with Gasteiger partial charge in [0.2, 0.25) is 0 Å². The zero-order valence-corrected chi connectivity index (χ0v) is 29.1. The second-order valence-corrected chi connectivity index (χ2v) is 13.8. The number of Topliss-reactive ketones (excluding diaryl/α,β-unsaturated/α-hetero) is 1. The number of carbonyl (C=O) groups is 3. The van der Waals surface area contributed by atoms with Gasteiger partial charge in [-0.25, -0.2) is 0 Å². The number of anilines is 1. The Balaban J connectivity index is 1.19. The van der Waals surface area contributed by atoms with Crippen molar-refractivity contribution in [3.05, 3.63) is 89.0 Å². The van der Waals surface area contributed by atoms with Crippen LogP contribution in [-0.2, 0) is 31.9 Å². The highest BCUT2D eigenvalue weighted by Crippen LogP contribution is 2.37. The largest absolute Gasteiger partial charge is 0.497 e. The molecule has 0 amide bonds. The Bertz CT molecular complexity index is 1540. The number of hydrogen-bond acceptors (Lipinski definition) is 9. The van der Waals surface area contributed by atoms with Crippen molar-refractivity contribution in [1.82, 2.24) is 5.32 Å². The van der Waals surface area contributed by atoms with Crippen molar-refractivity contribution in [1.29, 1.82) is 0 Å². The first-order valence-corrected chi connectivity index (χ1v) is 16.6. The fraction of sp³-hybridized carbons (Fsp3) is 0.462. The molecule has 0 saturated heterocycles. The van der Waals surface area contributed by atoms with E-state index in [2.05, 4.69) is 34.9 Å². The molecule has 1 aliphatic rings. The molecule has 0 unspecified atom stereocenters. The summed E-state index contributed by atoms with van der Waals surface area (Å²) in [5.74, 6) is 0.833. The number of ketones is 1. The summed E-state index contributed by atoms with van der Waals surface area (Å²) in [6.45, 7) is 10.3. The fourth-order valence-electron chi connectivity index (χ4n) is 5.63. The van der Waals surface area contributed by atoms with Crippen LogP contribution in [0.3, 0.4) is 0 Å². The standard InChI is InChI=1S/C39H49N2O7/c1-38(2,3)48-36(43)19-21-41-39(4,5)26-47-31-15-13-28(14-16-31)35(42)20-22-46-37(44)25-40-34-24-32(45-6)17-18-33(34)30-12-11-27-9-7-8-10-29(27)23-30/h8-10,13-18,24,30,40-41H,11-12,19-23,25-26H2,1-6H3/t30-/m1/s1. The van der Waals surface area contributed by atoms with Crippen molar-refractivity contribution in [2.45, 2.75) is 83.8 Å². The van der Waals surface area contributed by atoms with Gasteiger partial charge in [0.05, 0.1) is 20.1 Å². The molecule has 3 aromatic rings. The maximum absolute atomic E-state index is 12.8. The van der Waals surface area contributed by atoms with E-state index in [4.69, 9.17) is 18.9 Å². The number of benzene rings is 3. The summed E-state index contributed by atoms with van der Waals surface area (Å²) in [4.78, 5) is 37.3. The lowest BCUT2D eigenvalue weighted by atomic mass is 9.79. The molecule has 257 valence electrons. The monoisotopic (exact) mass is 657 g/mol. The van der Waals surface area contributed by atoms with Gasteiger partial charge in [0.25, 0.3) is 0 Å². The number of fused-ring (bicyclic) bond motifs is 1. The average Bonchev–Trinajstić information content (AvgIpc) is 3.05. The van der Waals surface area contributed by atoms with E-state index < -0.39 is 11.6 Å². The summed E-state index contributed by atoms with van der Waals surface area (Å²) < 4.78 is 22.1. The summed E-state index contributed by atoms with van der Waals surface area (Å²) in [6.07, 6.45) is 3.27. The zero-order valence-electron chi connectivity index (χ0n) is 29.1. The van der Waals surface area contributed by atoms with E-state index in [0.29, 0.717) is 36.1 Å². The lowest BCUT2D eigenvalue weighted by Gasteiger charge is -2.27. The molecular formula is C39H49N2O7. The molecule has 0 heterocycles. The van der Waals surface area contributed by atoms with E-state index in [9.17, 15) is 14.4 Å². The van der Waals surface area contributed by atoms with E-state index in [1.165, 1.54) is 11.1 Å². The normalized spacial score (nSPS) is 14.4. The molecule has 48 heavy (non-hydrogen) atoms. The number of ether oxygens (including phenoxy) is 4. The van der Waals surface area contributed by atoms with Crippen LogP contribution in [0.15, 0.2) is 60.7 Å². The predicted molar refractivity (Wildman–Crippen MR) is 186 cm³/mol. The van der Waals surface area contributed by atoms with E-state index in [1.807, 2.05) is 52.8 Å². The third-order valence-electron chi connectivity index (χ3n) is 8.12. The maximum Gasteiger partial charge on any atom is 0.325 e. The predicted octanol–water partition coefficient (Wildman–Crippen LogP) is 6.47. The number of nitrogens with one attached hydrogen (secondary N) is 2. The minimum absolute atomic E-state index is 0.0118. The highest BCUT2D eigenvalue weighted by Gasteiger charge is 2.23. The molecule has 4 rings (SSSR count). The van der Waals surface area contributed by atoms with Gasteiger partial charge < -0.3 is 29.6 Å². The van der Waals surface area contributed by atoms with Crippen molar-refractivity contribution < 1.29 is 33.3 Å². The number of carbonyl (C=O) groups excluding carboxylic acids is 3. The van der Waals surface area contributed by atoms with Crippen LogP contribution in [-0.4, -0.2) is 62.3 Å². The van der Waals surface area contributed by atoms with Crippen LogP contribution in [0.1, 0.15) is 86.8 Å². The van der Waals surface area contributed by atoms with Crippen molar-refractivity contribution in [2.75, 3.05) is 38.7 Å². The van der Waals surface area contributed by atoms with Gasteiger partial charge in [0.1, 0.15) is 30.3 Å². The van der Waals surface area contributed by atoms with E-state index in [0.717, 1.165) is 30.5 Å². The third-order valence-corrected chi connectivity index (χ3v) is 8.12. The molecule has 0 fully saturated rings. The molecule has 1 radical (unpaired) electrons. The number of methoxy groups -OCH3 is 1. The quantitative estimate of drug-likeness (QED) is 0.132. The first kappa shape index (κ1) is 36.5. The highest BCUT2D eigenvalue weighted by molar-refractivity contribution is 5.96. The molecule has 9 heteroatoms. The zero-order chi connectivity index (χ0) is 34.7. The van der Waals surface area contributed by atoms with Crippen molar-refractivity contribution in [2.24, 2.45) is 0 Å². The van der Waals surface area contributed by atoms with Crippen LogP contribution >= 0.6 is 0 Å². The molecule has 9 nitrogen and oxygen atoms in total. The van der Waals surface area contributed by atoms with Gasteiger partial charge in [-0.3, -0.25) is 14.4 Å². The Morgan fingerprint density at radius 1 is 0.917 bits per heavy atom. The van der Waals surface area contributed by atoms with Gasteiger partial charge in [-0.2, -0.15) is 0 Å². The minimum atomic E-state index is -0.504. The molecular weight excluding hydrogens is 608 g/mol. The molecule has 0 aromatic heterocycles. The number of esters is 2. The molecule has 1 atom stereocenters. The van der Waals surface area contributed by atoms with Crippen LogP contribution in [0.4, 0.5) is 5.69 Å². The van der Waals surface area contributed by atoms with Crippen molar-refractivity contribution in [3.8, 4) is 11.5 Å². The van der Waals surface area contributed by atoms with Crippen LogP contribution in [0.25, 0.3) is 0 Å². The Morgan fingerprint density at radius 3 is 2.40 bits per heavy atom. The minimum Gasteiger partial charge on any atom is -0.497 e. The summed E-state index contributed by atoms with van der Waals surface area (Å²) >= 11 is 0. The molecule has 0 aliphatic heterocycles. The summed E-state index contributed by atoms with van der Waals surface area (Å²) in [5.41, 5.74) is 4.30. The Hall–Kier alpha value is -4.37. The Kier molecular flexibility index (Phi) is 12.6. The Labute approximate surface area is 284 Å². The van der Waals surface area contributed by atoms with Crippen LogP contribution in [0.5, 0.6) is 11.5 Å². The van der Waals surface area contributed by atoms with Gasteiger partial charge >= 0.3 is 11.9 Å². The second-order valence-electron chi connectivity index (χ2n) is 13.8. The topological polar surface area (TPSA) is 112 Å². The first-order valence-electron chi connectivity index (χ1n) is 16.6. The second kappa shape index (κ2) is 16.6. The number of hydrogen-bond donors (Lipinski definition) is 2. The summed E-state index contributed by atoms with van der Waals surface area (Å²) in [5, 5.41) is 6.57. The molecule has 0 spiro atoms. The molecule has 1 aliphatic carbocycles. The molecule has 0 bridgehead atoms. The fourth-order valence-corrected chi connectivity index (χ4v) is 5.63. The van der Waals surface area contributed by atoms with Gasteiger partial charge in [0.15, 0.2) is 5.78 Å². The molecule has 3 aromatic carbocycles. The lowest BCUT2D eigenvalue weighted by Crippen LogP contribution is -2.45. The third kappa shape index (κ3) is 11.4. The van der Waals surface area contributed by atoms with Gasteiger partial charge in [0, 0.05) is 35.8 Å². The number of rotatable bonds is 16. The average molecular weight is 658 g/mol. The van der Waals surface area contributed by atoms with Crippen LogP contribution in [0.2, 0.25) is 0 Å². The van der Waals surface area contributed by atoms with E-state index >= 15 is 0 Å². The van der Waals surface area contributed by atoms with E-state index in [1.54, 1.807) is 31.4 Å². The highest BCUT2D eigenvalue weighted by atomic mass is 16.6. The molecule has 0 saturated carbocycles. The maximum atomic E-state index is 12.8. The smallest absolute Gasteiger partial charge is 0.325 e. The van der Waals surface area contributed by atoms with Crippen LogP contribution < -0.4 is 20.1 Å². The lowest BCUT2D eigenvalue weighted by molar-refractivity contribution is -0.154. The number of aryl methyl sites for hydroxylation is 1. The van der Waals surface area contributed by atoms with Gasteiger partial charge in [-0.15, -0.1) is 0 Å². The Morgan fingerprint density at radius 2 is 1.67 bits per heavy atom. The SMILES string of the molecule is COc1ccc([C@@H]2CCc3c[c]ccc3C2)c(NCC(=O)OCCC(=O)c2ccc(OCC(C)(C)NCCC(=O)OC(C)(C)C)cc2)c1. The van der Waals surface area contributed by atoms with Crippen LogP contribution in [0, 0.1) is 6.07 Å². The summed E-state index contributed by atoms with van der Waals surface area (Å²) in [6, 6.07) is 22.2. The first-order chi connectivity index (χ1) is 22.8. The van der Waals surface area contributed by atoms with E-state index in [-0.39, 0.29) is 43.3 Å². The van der Waals surface area contributed by atoms with Gasteiger partial charge in [-0.05, 0) is 113 Å². The summed E-state index contributed by atoms with van der Waals surface area (Å²) in [7, 11) is 1.62.